The third-order valence-corrected chi connectivity index (χ3v) is 4.59. The summed E-state index contributed by atoms with van der Waals surface area (Å²) in [4.78, 5) is 23.3. The van der Waals surface area contributed by atoms with Crippen LogP contribution in [0.4, 0.5) is 23.2 Å². The number of aliphatic imine (C=N–C) groups is 1. The summed E-state index contributed by atoms with van der Waals surface area (Å²) in [6.07, 6.45) is -1.77. The van der Waals surface area contributed by atoms with Gasteiger partial charge in [0.05, 0.1) is 12.4 Å². The van der Waals surface area contributed by atoms with Crippen molar-refractivity contribution < 1.29 is 31.8 Å². The Kier molecular flexibility index (Phi) is 6.56. The Hall–Kier alpha value is -3.44. The van der Waals surface area contributed by atoms with E-state index in [2.05, 4.69) is 25.0 Å². The molecular weight excluding hydrogens is 422 g/mol. The second kappa shape index (κ2) is 9.14. The molecule has 1 aliphatic carbocycles. The van der Waals surface area contributed by atoms with Crippen LogP contribution in [-0.4, -0.2) is 47.6 Å². The summed E-state index contributed by atoms with van der Waals surface area (Å²) < 4.78 is 65.8. The predicted octanol–water partition coefficient (Wildman–Crippen LogP) is 3.02. The summed E-state index contributed by atoms with van der Waals surface area (Å²) in [5.74, 6) is -1.82. The van der Waals surface area contributed by atoms with Gasteiger partial charge in [0.1, 0.15) is 11.5 Å². The SMILES string of the molecule is C/N=C(/N)O[C@@H]([C@H](F)c1cc(NC(=O)c2cnc(OCF)cn2)ccc1F)C1(F)CC1. The Morgan fingerprint density at radius 3 is 2.68 bits per heavy atom. The summed E-state index contributed by atoms with van der Waals surface area (Å²) in [6.45, 7) is -1.11. The lowest BCUT2D eigenvalue weighted by Crippen LogP contribution is -2.37. The molecule has 166 valence electrons. The van der Waals surface area contributed by atoms with Crippen molar-refractivity contribution >= 4 is 17.6 Å². The van der Waals surface area contributed by atoms with E-state index >= 15 is 4.39 Å². The highest BCUT2D eigenvalue weighted by Crippen LogP contribution is 2.49. The highest BCUT2D eigenvalue weighted by Gasteiger charge is 2.56. The van der Waals surface area contributed by atoms with E-state index in [1.165, 1.54) is 13.1 Å². The number of carbonyl (C=O) groups excluding carboxylic acids is 1. The fraction of sp³-hybridized carbons (Fsp3) is 0.368. The van der Waals surface area contributed by atoms with E-state index < -0.39 is 48.1 Å². The second-order valence-electron chi connectivity index (χ2n) is 6.72. The van der Waals surface area contributed by atoms with Crippen molar-refractivity contribution in [1.29, 1.82) is 0 Å². The number of carbonyl (C=O) groups is 1. The fourth-order valence-electron chi connectivity index (χ4n) is 2.77. The molecule has 1 amide bonds. The third-order valence-electron chi connectivity index (χ3n) is 4.59. The number of nitrogens with two attached hydrogens (primary N) is 1. The number of aromatic nitrogens is 2. The standard InChI is InChI=1S/C19H19F4N5O3/c1-25-18(24)31-16(19(23)4-5-19)15(22)11-6-10(2-3-12(11)21)28-17(29)13-7-27-14(8-26-13)30-9-20/h2-3,6-8,15-16H,4-5,9H2,1H3,(H2,24,25)(H,28,29)/t15-,16+/m1/s1. The topological polar surface area (TPSA) is 112 Å². The maximum atomic E-state index is 15.2. The highest BCUT2D eigenvalue weighted by molar-refractivity contribution is 6.02. The number of benzene rings is 1. The van der Waals surface area contributed by atoms with E-state index in [1.807, 2.05) is 0 Å². The van der Waals surface area contributed by atoms with Gasteiger partial charge in [0.2, 0.25) is 12.7 Å². The minimum Gasteiger partial charge on any atom is -0.455 e. The zero-order valence-corrected chi connectivity index (χ0v) is 16.3. The van der Waals surface area contributed by atoms with Crippen molar-refractivity contribution in [1.82, 2.24) is 9.97 Å². The van der Waals surface area contributed by atoms with Gasteiger partial charge in [-0.1, -0.05) is 0 Å². The van der Waals surface area contributed by atoms with Gasteiger partial charge in [-0.3, -0.25) is 4.79 Å². The molecule has 1 aliphatic rings. The summed E-state index contributed by atoms with van der Waals surface area (Å²) in [5, 5.41) is 2.40. The fourth-order valence-corrected chi connectivity index (χ4v) is 2.77. The first-order valence-electron chi connectivity index (χ1n) is 9.11. The normalized spacial score (nSPS) is 16.9. The molecule has 0 saturated heterocycles. The van der Waals surface area contributed by atoms with Crippen molar-refractivity contribution in [3.05, 3.63) is 47.7 Å². The Morgan fingerprint density at radius 2 is 2.10 bits per heavy atom. The van der Waals surface area contributed by atoms with Crippen LogP contribution in [0.3, 0.4) is 0 Å². The van der Waals surface area contributed by atoms with Crippen LogP contribution in [0.1, 0.15) is 35.1 Å². The average Bonchev–Trinajstić information content (AvgIpc) is 3.51. The Labute approximate surface area is 174 Å². The number of hydrogen-bond acceptors (Lipinski definition) is 6. The Morgan fingerprint density at radius 1 is 1.35 bits per heavy atom. The van der Waals surface area contributed by atoms with Crippen molar-refractivity contribution in [3.8, 4) is 5.88 Å². The lowest BCUT2D eigenvalue weighted by molar-refractivity contribution is 0.00524. The number of alkyl halides is 3. The van der Waals surface area contributed by atoms with Crippen molar-refractivity contribution in [2.75, 3.05) is 19.2 Å². The minimum atomic E-state index is -2.22. The lowest BCUT2D eigenvalue weighted by Gasteiger charge is -2.25. The molecule has 1 aromatic heterocycles. The molecule has 2 aromatic rings. The van der Waals surface area contributed by atoms with Crippen molar-refractivity contribution in [2.24, 2.45) is 10.7 Å². The number of rotatable bonds is 8. The molecule has 12 heteroatoms. The number of hydrogen-bond donors (Lipinski definition) is 2. The summed E-state index contributed by atoms with van der Waals surface area (Å²) in [6, 6.07) is 2.71. The molecule has 0 bridgehead atoms. The number of nitrogens with one attached hydrogen (secondary N) is 1. The molecule has 2 atom stereocenters. The zero-order valence-electron chi connectivity index (χ0n) is 16.3. The molecule has 0 spiro atoms. The molecule has 8 nitrogen and oxygen atoms in total. The first kappa shape index (κ1) is 22.2. The molecule has 0 aliphatic heterocycles. The van der Waals surface area contributed by atoms with Crippen molar-refractivity contribution in [3.63, 3.8) is 0 Å². The molecule has 31 heavy (non-hydrogen) atoms. The van der Waals surface area contributed by atoms with Gasteiger partial charge >= 0.3 is 0 Å². The van der Waals surface area contributed by atoms with Crippen LogP contribution in [0.25, 0.3) is 0 Å². The maximum absolute atomic E-state index is 15.2. The molecule has 3 rings (SSSR count). The lowest BCUT2D eigenvalue weighted by atomic mass is 9.99. The van der Waals surface area contributed by atoms with E-state index in [1.54, 1.807) is 0 Å². The van der Waals surface area contributed by atoms with E-state index in [0.29, 0.717) is 0 Å². The van der Waals surface area contributed by atoms with Gasteiger partial charge in [-0.2, -0.15) is 0 Å². The maximum Gasteiger partial charge on any atom is 0.282 e. The van der Waals surface area contributed by atoms with Gasteiger partial charge in [0, 0.05) is 18.3 Å². The van der Waals surface area contributed by atoms with Gasteiger partial charge in [0.25, 0.3) is 11.9 Å². The van der Waals surface area contributed by atoms with E-state index in [9.17, 15) is 18.0 Å². The monoisotopic (exact) mass is 441 g/mol. The Bertz CT molecular complexity index is 970. The Balaban J connectivity index is 1.79. The largest absolute Gasteiger partial charge is 0.455 e. The number of nitrogens with zero attached hydrogens (tertiary/aromatic N) is 3. The number of amides is 1. The zero-order chi connectivity index (χ0) is 22.6. The van der Waals surface area contributed by atoms with Crippen LogP contribution in [-0.2, 0) is 4.74 Å². The van der Waals surface area contributed by atoms with Gasteiger partial charge in [-0.05, 0) is 31.0 Å². The average molecular weight is 441 g/mol. The minimum absolute atomic E-state index is 0.0227. The second-order valence-corrected chi connectivity index (χ2v) is 6.72. The summed E-state index contributed by atoms with van der Waals surface area (Å²) >= 11 is 0. The summed E-state index contributed by atoms with van der Waals surface area (Å²) in [7, 11) is 1.29. The first-order chi connectivity index (χ1) is 14.8. The number of amidine groups is 1. The van der Waals surface area contributed by atoms with Crippen molar-refractivity contribution in [2.45, 2.75) is 30.8 Å². The molecule has 1 fully saturated rings. The van der Waals surface area contributed by atoms with Crippen LogP contribution >= 0.6 is 0 Å². The smallest absolute Gasteiger partial charge is 0.282 e. The van der Waals surface area contributed by atoms with E-state index in [-0.39, 0.29) is 30.1 Å². The van der Waals surface area contributed by atoms with Crippen LogP contribution in [0.5, 0.6) is 5.88 Å². The van der Waals surface area contributed by atoms with Crippen LogP contribution in [0, 0.1) is 5.82 Å². The van der Waals surface area contributed by atoms with Gasteiger partial charge in [0.15, 0.2) is 17.9 Å². The van der Waals surface area contributed by atoms with Gasteiger partial charge in [-0.25, -0.2) is 32.5 Å². The molecule has 3 N–H and O–H groups in total. The predicted molar refractivity (Wildman–Crippen MR) is 102 cm³/mol. The van der Waals surface area contributed by atoms with E-state index in [4.69, 9.17) is 10.5 Å². The molecule has 1 heterocycles. The molecule has 1 aromatic carbocycles. The van der Waals surface area contributed by atoms with Crippen LogP contribution < -0.4 is 15.8 Å². The van der Waals surface area contributed by atoms with Gasteiger partial charge in [-0.15, -0.1) is 0 Å². The first-order valence-corrected chi connectivity index (χ1v) is 9.11. The molecular formula is C19H19F4N5O3. The van der Waals surface area contributed by atoms with Crippen LogP contribution in [0.2, 0.25) is 0 Å². The van der Waals surface area contributed by atoms with Gasteiger partial charge < -0.3 is 20.5 Å². The summed E-state index contributed by atoms with van der Waals surface area (Å²) in [5.41, 5.74) is 2.80. The number of ether oxygens (including phenoxy) is 2. The number of anilines is 1. The molecule has 0 unspecified atom stereocenters. The quantitative estimate of drug-likeness (QED) is 0.370. The third kappa shape index (κ3) is 5.19. The van der Waals surface area contributed by atoms with E-state index in [0.717, 1.165) is 24.5 Å². The molecule has 0 radical (unpaired) electrons. The highest BCUT2D eigenvalue weighted by atomic mass is 19.2. The molecule has 1 saturated carbocycles. The number of halogens is 4. The van der Waals surface area contributed by atoms with Crippen LogP contribution in [0.15, 0.2) is 35.6 Å².